The Balaban J connectivity index is 1.90. The van der Waals surface area contributed by atoms with Crippen molar-refractivity contribution in [1.29, 1.82) is 0 Å². The van der Waals surface area contributed by atoms with Gasteiger partial charge in [-0.2, -0.15) is 0 Å². The van der Waals surface area contributed by atoms with E-state index < -0.39 is 0 Å². The minimum Gasteiger partial charge on any atom is -0.348 e. The van der Waals surface area contributed by atoms with E-state index in [1.165, 1.54) is 5.69 Å². The molecule has 1 atom stereocenters. The molecule has 5 heteroatoms. The molecule has 0 unspecified atom stereocenters. The number of benzene rings is 1. The number of para-hydroxylation sites is 2. The van der Waals surface area contributed by atoms with E-state index in [2.05, 4.69) is 33.0 Å². The van der Waals surface area contributed by atoms with Crippen LogP contribution in [0.2, 0.25) is 0 Å². The van der Waals surface area contributed by atoms with Gasteiger partial charge in [0.15, 0.2) is 0 Å². The Kier molecular flexibility index (Phi) is 2.22. The van der Waals surface area contributed by atoms with E-state index in [1.54, 1.807) is 6.33 Å². The maximum absolute atomic E-state index is 4.76. The molecule has 1 aliphatic heterocycles. The van der Waals surface area contributed by atoms with Crippen LogP contribution in [0, 0.1) is 0 Å². The van der Waals surface area contributed by atoms with Gasteiger partial charge in [0.2, 0.25) is 0 Å². The fourth-order valence-electron chi connectivity index (χ4n) is 2.85. The molecular weight excluding hydrogens is 238 g/mol. The molecule has 0 amide bonds. The second kappa shape index (κ2) is 3.93. The SMILES string of the molecule is Cn1c([C@H]2NCCc3[nH]cnc32)nc2ccccc21. The Morgan fingerprint density at radius 2 is 2.21 bits per heavy atom. The maximum atomic E-state index is 4.76. The van der Waals surface area contributed by atoms with Gasteiger partial charge in [0.05, 0.1) is 23.1 Å². The van der Waals surface area contributed by atoms with Crippen molar-refractivity contribution in [1.82, 2.24) is 24.8 Å². The van der Waals surface area contributed by atoms with Crippen LogP contribution in [-0.2, 0) is 13.5 Å². The van der Waals surface area contributed by atoms with Crippen molar-refractivity contribution < 1.29 is 0 Å². The highest BCUT2D eigenvalue weighted by Crippen LogP contribution is 2.27. The first kappa shape index (κ1) is 10.8. The molecular formula is C14H15N5. The first-order valence-electron chi connectivity index (χ1n) is 6.51. The van der Waals surface area contributed by atoms with Crippen molar-refractivity contribution in [2.75, 3.05) is 6.54 Å². The minimum atomic E-state index is 0.0763. The molecule has 0 aliphatic carbocycles. The summed E-state index contributed by atoms with van der Waals surface area (Å²) in [5.41, 5.74) is 4.48. The Labute approximate surface area is 110 Å². The van der Waals surface area contributed by atoms with Crippen molar-refractivity contribution in [3.05, 3.63) is 47.8 Å². The molecule has 5 nitrogen and oxygen atoms in total. The lowest BCUT2D eigenvalue weighted by Crippen LogP contribution is -2.32. The Morgan fingerprint density at radius 1 is 1.32 bits per heavy atom. The topological polar surface area (TPSA) is 58.5 Å². The summed E-state index contributed by atoms with van der Waals surface area (Å²) in [6.07, 6.45) is 2.77. The zero-order valence-corrected chi connectivity index (χ0v) is 10.7. The molecule has 0 saturated carbocycles. The second-order valence-electron chi connectivity index (χ2n) is 4.92. The van der Waals surface area contributed by atoms with Crippen LogP contribution in [0.4, 0.5) is 0 Å². The summed E-state index contributed by atoms with van der Waals surface area (Å²) in [6.45, 7) is 0.947. The van der Waals surface area contributed by atoms with E-state index in [-0.39, 0.29) is 6.04 Å². The number of hydrogen-bond acceptors (Lipinski definition) is 3. The molecule has 0 radical (unpaired) electrons. The van der Waals surface area contributed by atoms with Gasteiger partial charge in [-0.1, -0.05) is 12.1 Å². The van der Waals surface area contributed by atoms with Crippen LogP contribution in [0.15, 0.2) is 30.6 Å². The summed E-state index contributed by atoms with van der Waals surface area (Å²) in [7, 11) is 2.06. The summed E-state index contributed by atoms with van der Waals surface area (Å²) in [6, 6.07) is 8.29. The van der Waals surface area contributed by atoms with Gasteiger partial charge in [-0.25, -0.2) is 9.97 Å². The molecule has 4 rings (SSSR count). The third kappa shape index (κ3) is 1.51. The van der Waals surface area contributed by atoms with Crippen molar-refractivity contribution in [3.63, 3.8) is 0 Å². The summed E-state index contributed by atoms with van der Waals surface area (Å²) in [5, 5.41) is 3.51. The number of imidazole rings is 2. The van der Waals surface area contributed by atoms with E-state index in [0.29, 0.717) is 0 Å². The number of nitrogens with zero attached hydrogens (tertiary/aromatic N) is 3. The normalized spacial score (nSPS) is 18.7. The van der Waals surface area contributed by atoms with Crippen LogP contribution in [-0.4, -0.2) is 26.1 Å². The zero-order chi connectivity index (χ0) is 12.8. The average Bonchev–Trinajstić information content (AvgIpc) is 3.04. The maximum Gasteiger partial charge on any atom is 0.133 e. The number of hydrogen-bond donors (Lipinski definition) is 2. The first-order valence-corrected chi connectivity index (χ1v) is 6.51. The Bertz CT molecular complexity index is 739. The van der Waals surface area contributed by atoms with Crippen LogP contribution < -0.4 is 5.32 Å². The predicted octanol–water partition coefficient (Wildman–Crippen LogP) is 1.53. The molecule has 2 N–H and O–H groups in total. The van der Waals surface area contributed by atoms with Gasteiger partial charge in [-0.05, 0) is 12.1 Å². The highest BCUT2D eigenvalue weighted by molar-refractivity contribution is 5.76. The molecule has 3 heterocycles. The van der Waals surface area contributed by atoms with Gasteiger partial charge in [-0.3, -0.25) is 0 Å². The number of aromatic amines is 1. The van der Waals surface area contributed by atoms with E-state index in [4.69, 9.17) is 4.98 Å². The third-order valence-electron chi connectivity index (χ3n) is 3.83. The molecule has 0 saturated heterocycles. The van der Waals surface area contributed by atoms with E-state index in [1.807, 2.05) is 18.2 Å². The number of rotatable bonds is 1. The monoisotopic (exact) mass is 253 g/mol. The molecule has 0 bridgehead atoms. The van der Waals surface area contributed by atoms with Gasteiger partial charge in [-0.15, -0.1) is 0 Å². The minimum absolute atomic E-state index is 0.0763. The lowest BCUT2D eigenvalue weighted by atomic mass is 10.1. The summed E-state index contributed by atoms with van der Waals surface area (Å²) < 4.78 is 2.15. The lowest BCUT2D eigenvalue weighted by molar-refractivity contribution is 0.520. The molecule has 0 spiro atoms. The van der Waals surface area contributed by atoms with Crippen molar-refractivity contribution in [2.45, 2.75) is 12.5 Å². The molecule has 2 aromatic heterocycles. The van der Waals surface area contributed by atoms with Gasteiger partial charge in [0.1, 0.15) is 11.9 Å². The Morgan fingerprint density at radius 3 is 3.11 bits per heavy atom. The molecule has 1 aromatic carbocycles. The van der Waals surface area contributed by atoms with Crippen molar-refractivity contribution in [2.24, 2.45) is 7.05 Å². The number of aryl methyl sites for hydroxylation is 1. The second-order valence-corrected chi connectivity index (χ2v) is 4.92. The molecule has 1 aliphatic rings. The third-order valence-corrected chi connectivity index (χ3v) is 3.83. The summed E-state index contributed by atoms with van der Waals surface area (Å²) >= 11 is 0. The highest BCUT2D eigenvalue weighted by atomic mass is 15.1. The summed E-state index contributed by atoms with van der Waals surface area (Å²) in [5.74, 6) is 1.02. The number of fused-ring (bicyclic) bond motifs is 2. The number of H-pyrrole nitrogens is 1. The summed E-state index contributed by atoms with van der Waals surface area (Å²) in [4.78, 5) is 12.4. The predicted molar refractivity (Wildman–Crippen MR) is 72.9 cm³/mol. The first-order chi connectivity index (χ1) is 9.34. The molecule has 96 valence electrons. The Hall–Kier alpha value is -2.14. The van der Waals surface area contributed by atoms with E-state index in [9.17, 15) is 0 Å². The zero-order valence-electron chi connectivity index (χ0n) is 10.7. The van der Waals surface area contributed by atoms with E-state index in [0.717, 1.165) is 35.5 Å². The molecule has 19 heavy (non-hydrogen) atoms. The standard InChI is InChI=1S/C14H15N5/c1-19-11-5-3-2-4-9(11)18-14(19)13-12-10(6-7-15-13)16-8-17-12/h2-5,8,13,15H,6-7H2,1H3,(H,16,17)/t13-/m0/s1. The van der Waals surface area contributed by atoms with Gasteiger partial charge >= 0.3 is 0 Å². The van der Waals surface area contributed by atoms with Crippen molar-refractivity contribution >= 4 is 11.0 Å². The lowest BCUT2D eigenvalue weighted by Gasteiger charge is -2.22. The number of nitrogens with one attached hydrogen (secondary N) is 2. The smallest absolute Gasteiger partial charge is 0.133 e. The van der Waals surface area contributed by atoms with Gasteiger partial charge in [0, 0.05) is 25.7 Å². The highest BCUT2D eigenvalue weighted by Gasteiger charge is 2.27. The molecule has 0 fully saturated rings. The fraction of sp³-hybridized carbons (Fsp3) is 0.286. The van der Waals surface area contributed by atoms with E-state index >= 15 is 0 Å². The van der Waals surface area contributed by atoms with Gasteiger partial charge < -0.3 is 14.9 Å². The van der Waals surface area contributed by atoms with Crippen LogP contribution in [0.3, 0.4) is 0 Å². The van der Waals surface area contributed by atoms with Crippen LogP contribution in [0.25, 0.3) is 11.0 Å². The largest absolute Gasteiger partial charge is 0.348 e. The average molecular weight is 253 g/mol. The van der Waals surface area contributed by atoms with Crippen LogP contribution in [0.5, 0.6) is 0 Å². The van der Waals surface area contributed by atoms with Crippen LogP contribution >= 0.6 is 0 Å². The van der Waals surface area contributed by atoms with Crippen molar-refractivity contribution in [3.8, 4) is 0 Å². The number of aromatic nitrogens is 4. The quantitative estimate of drug-likeness (QED) is 0.691. The molecule has 3 aromatic rings. The fourth-order valence-corrected chi connectivity index (χ4v) is 2.85. The van der Waals surface area contributed by atoms with Crippen LogP contribution in [0.1, 0.15) is 23.3 Å². The van der Waals surface area contributed by atoms with Gasteiger partial charge in [0.25, 0.3) is 0 Å².